The minimum Gasteiger partial charge on any atom is -0.488 e. The lowest BCUT2D eigenvalue weighted by molar-refractivity contribution is 0.116. The molecule has 1 heterocycles. The zero-order valence-corrected chi connectivity index (χ0v) is 8.22. The third-order valence-corrected chi connectivity index (χ3v) is 2.03. The van der Waals surface area contributed by atoms with Gasteiger partial charge in [-0.25, -0.2) is 5.06 Å². The molecule has 16 heavy (non-hydrogen) atoms. The smallest absolute Gasteiger partial charge is 0.295 e. The first-order valence-electron chi connectivity index (χ1n) is 4.52. The van der Waals surface area contributed by atoms with Crippen LogP contribution < -0.4 is 5.06 Å². The van der Waals surface area contributed by atoms with Crippen molar-refractivity contribution in [3.8, 4) is 5.88 Å². The summed E-state index contributed by atoms with van der Waals surface area (Å²) in [5, 5.41) is 35.0. The number of hydrogen-bond acceptors (Lipinski definition) is 6. The van der Waals surface area contributed by atoms with Gasteiger partial charge < -0.3 is 10.3 Å². The normalized spacial score (nSPS) is 10.3. The number of hydroxylamine groups is 1. The Kier molecular flexibility index (Phi) is 2.61. The Hall–Kier alpha value is -2.28. The van der Waals surface area contributed by atoms with Crippen molar-refractivity contribution in [2.75, 3.05) is 5.06 Å². The van der Waals surface area contributed by atoms with Gasteiger partial charge in [0.2, 0.25) is 5.82 Å². The van der Waals surface area contributed by atoms with E-state index in [0.29, 0.717) is 5.06 Å². The van der Waals surface area contributed by atoms with Crippen molar-refractivity contribution >= 4 is 5.82 Å². The van der Waals surface area contributed by atoms with Crippen LogP contribution in [0, 0.1) is 0 Å². The van der Waals surface area contributed by atoms with Gasteiger partial charge in [0.25, 0.3) is 5.88 Å². The standard InChI is InChI=1S/C9H10N4O3/c14-9-8(10-11-13(9)16)12(15)6-7-4-2-1-3-5-7/h1-5,14-16H,6H2. The van der Waals surface area contributed by atoms with Gasteiger partial charge in [0.1, 0.15) is 0 Å². The van der Waals surface area contributed by atoms with E-state index in [1.807, 2.05) is 30.3 Å². The minimum absolute atomic E-state index is 0.132. The molecule has 0 saturated heterocycles. The molecular weight excluding hydrogens is 212 g/mol. The van der Waals surface area contributed by atoms with Crippen LogP contribution in [0.15, 0.2) is 30.3 Å². The molecule has 2 rings (SSSR count). The summed E-state index contributed by atoms with van der Waals surface area (Å²) in [6, 6.07) is 9.12. The average Bonchev–Trinajstić information content (AvgIpc) is 2.61. The topological polar surface area (TPSA) is 94.6 Å². The maximum Gasteiger partial charge on any atom is 0.295 e. The van der Waals surface area contributed by atoms with Gasteiger partial charge in [-0.1, -0.05) is 30.3 Å². The van der Waals surface area contributed by atoms with Crippen molar-refractivity contribution < 1.29 is 15.5 Å². The number of aromatic hydroxyl groups is 1. The number of hydrogen-bond donors (Lipinski definition) is 3. The third kappa shape index (κ3) is 1.89. The predicted octanol–water partition coefficient (Wildman–Crippen LogP) is 0.617. The fraction of sp³-hybridized carbons (Fsp3) is 0.111. The molecule has 0 aliphatic rings. The lowest BCUT2D eigenvalue weighted by Gasteiger charge is -2.13. The van der Waals surface area contributed by atoms with Crippen LogP contribution in [0.25, 0.3) is 0 Å². The highest BCUT2D eigenvalue weighted by Crippen LogP contribution is 2.22. The second kappa shape index (κ2) is 4.07. The summed E-state index contributed by atoms with van der Waals surface area (Å²) in [6.07, 6.45) is 0. The molecule has 1 aromatic heterocycles. The predicted molar refractivity (Wildman–Crippen MR) is 53.3 cm³/mol. The van der Waals surface area contributed by atoms with Crippen molar-refractivity contribution in [3.63, 3.8) is 0 Å². The van der Waals surface area contributed by atoms with Gasteiger partial charge in [-0.15, -0.1) is 5.10 Å². The highest BCUT2D eigenvalue weighted by molar-refractivity contribution is 5.44. The number of benzene rings is 1. The van der Waals surface area contributed by atoms with Gasteiger partial charge in [-0.2, -0.15) is 0 Å². The molecule has 2 aromatic rings. The summed E-state index contributed by atoms with van der Waals surface area (Å²) in [5.74, 6) is -0.815. The number of nitrogens with zero attached hydrogens (tertiary/aromatic N) is 4. The second-order valence-corrected chi connectivity index (χ2v) is 3.17. The molecule has 0 atom stereocenters. The molecule has 0 aliphatic heterocycles. The van der Waals surface area contributed by atoms with E-state index in [1.165, 1.54) is 0 Å². The van der Waals surface area contributed by atoms with Crippen molar-refractivity contribution in [1.82, 2.24) is 15.2 Å². The first-order valence-corrected chi connectivity index (χ1v) is 4.52. The van der Waals surface area contributed by atoms with E-state index in [0.717, 1.165) is 5.56 Å². The van der Waals surface area contributed by atoms with Crippen LogP contribution in [0.1, 0.15) is 5.56 Å². The number of aromatic nitrogens is 3. The zero-order chi connectivity index (χ0) is 11.5. The lowest BCUT2D eigenvalue weighted by atomic mass is 10.2. The van der Waals surface area contributed by atoms with Crippen LogP contribution in [0.5, 0.6) is 5.88 Å². The van der Waals surface area contributed by atoms with Crippen LogP contribution >= 0.6 is 0 Å². The van der Waals surface area contributed by atoms with Gasteiger partial charge in [-0.3, -0.25) is 5.21 Å². The fourth-order valence-corrected chi connectivity index (χ4v) is 1.26. The largest absolute Gasteiger partial charge is 0.488 e. The summed E-state index contributed by atoms with van der Waals surface area (Å²) in [6.45, 7) is 0.132. The maximum absolute atomic E-state index is 9.61. The van der Waals surface area contributed by atoms with Crippen molar-refractivity contribution in [2.45, 2.75) is 6.54 Å². The Balaban J connectivity index is 2.15. The van der Waals surface area contributed by atoms with Crippen LogP contribution in [-0.2, 0) is 6.54 Å². The van der Waals surface area contributed by atoms with Gasteiger partial charge >= 0.3 is 0 Å². The molecule has 7 heteroatoms. The molecule has 1 aromatic carbocycles. The van der Waals surface area contributed by atoms with E-state index < -0.39 is 5.88 Å². The van der Waals surface area contributed by atoms with E-state index in [9.17, 15) is 10.3 Å². The SMILES string of the molecule is Oc1c(N(O)Cc2ccccc2)nnn1O. The molecule has 0 unspecified atom stereocenters. The Morgan fingerprint density at radius 2 is 1.94 bits per heavy atom. The molecule has 0 saturated carbocycles. The molecule has 0 radical (unpaired) electrons. The molecule has 0 bridgehead atoms. The first-order chi connectivity index (χ1) is 7.68. The fourth-order valence-electron chi connectivity index (χ4n) is 1.26. The van der Waals surface area contributed by atoms with Crippen molar-refractivity contribution in [1.29, 1.82) is 0 Å². The first kappa shape index (κ1) is 10.2. The van der Waals surface area contributed by atoms with E-state index in [1.54, 1.807) is 0 Å². The summed E-state index contributed by atoms with van der Waals surface area (Å²) in [5.41, 5.74) is 0.830. The summed E-state index contributed by atoms with van der Waals surface area (Å²) < 4.78 is 0. The highest BCUT2D eigenvalue weighted by atomic mass is 16.5. The van der Waals surface area contributed by atoms with E-state index in [2.05, 4.69) is 10.3 Å². The summed E-state index contributed by atoms with van der Waals surface area (Å²) in [4.78, 5) is 0.184. The Morgan fingerprint density at radius 3 is 2.50 bits per heavy atom. The van der Waals surface area contributed by atoms with E-state index in [4.69, 9.17) is 5.21 Å². The molecule has 0 spiro atoms. The number of anilines is 1. The van der Waals surface area contributed by atoms with Crippen LogP contribution in [0.2, 0.25) is 0 Å². The molecule has 7 nitrogen and oxygen atoms in total. The van der Waals surface area contributed by atoms with Crippen molar-refractivity contribution in [2.24, 2.45) is 0 Å². The van der Waals surface area contributed by atoms with Gasteiger partial charge in [0.05, 0.1) is 6.54 Å². The maximum atomic E-state index is 9.61. The number of rotatable bonds is 3. The molecule has 0 amide bonds. The summed E-state index contributed by atoms with van der Waals surface area (Å²) >= 11 is 0. The molecular formula is C9H10N4O3. The van der Waals surface area contributed by atoms with Crippen molar-refractivity contribution in [3.05, 3.63) is 35.9 Å². The molecule has 84 valence electrons. The lowest BCUT2D eigenvalue weighted by Crippen LogP contribution is -2.17. The molecule has 3 N–H and O–H groups in total. The minimum atomic E-state index is -0.613. The quantitative estimate of drug-likeness (QED) is 0.520. The van der Waals surface area contributed by atoms with Crippen LogP contribution in [-0.4, -0.2) is 30.7 Å². The van der Waals surface area contributed by atoms with Crippen LogP contribution in [0.3, 0.4) is 0 Å². The Morgan fingerprint density at radius 1 is 1.25 bits per heavy atom. The molecule has 0 fully saturated rings. The van der Waals surface area contributed by atoms with Gasteiger partial charge in [0, 0.05) is 0 Å². The van der Waals surface area contributed by atoms with Gasteiger partial charge in [-0.05, 0) is 15.6 Å². The van der Waals surface area contributed by atoms with E-state index in [-0.39, 0.29) is 17.2 Å². The monoisotopic (exact) mass is 222 g/mol. The van der Waals surface area contributed by atoms with Crippen LogP contribution in [0.4, 0.5) is 5.82 Å². The van der Waals surface area contributed by atoms with E-state index >= 15 is 0 Å². The molecule has 0 aliphatic carbocycles. The summed E-state index contributed by atoms with van der Waals surface area (Å²) in [7, 11) is 0. The average molecular weight is 222 g/mol. The second-order valence-electron chi connectivity index (χ2n) is 3.17. The highest BCUT2D eigenvalue weighted by Gasteiger charge is 2.17. The Labute approximate surface area is 90.7 Å². The Bertz CT molecular complexity index is 471. The third-order valence-electron chi connectivity index (χ3n) is 2.03. The zero-order valence-electron chi connectivity index (χ0n) is 8.22. The van der Waals surface area contributed by atoms with Gasteiger partial charge in [0.15, 0.2) is 0 Å².